The molecule has 0 aliphatic carbocycles. The van der Waals surface area contributed by atoms with E-state index in [4.69, 9.17) is 5.11 Å². The van der Waals surface area contributed by atoms with Crippen LogP contribution in [0.25, 0.3) is 6.08 Å². The molecule has 3 nitrogen and oxygen atoms in total. The van der Waals surface area contributed by atoms with E-state index in [1.807, 2.05) is 38.2 Å². The molecule has 0 unspecified atom stereocenters. The lowest BCUT2D eigenvalue weighted by Gasteiger charge is -2.21. The summed E-state index contributed by atoms with van der Waals surface area (Å²) in [6, 6.07) is 10.2. The van der Waals surface area contributed by atoms with Crippen LogP contribution < -0.4 is 4.90 Å². The van der Waals surface area contributed by atoms with Crippen LogP contribution >= 0.6 is 11.3 Å². The number of anilines is 1. The number of aryl methyl sites for hydroxylation is 1. The molecule has 20 heavy (non-hydrogen) atoms. The molecular weight excluding hydrogens is 270 g/mol. The maximum absolute atomic E-state index is 10.7. The average molecular weight is 287 g/mol. The lowest BCUT2D eigenvalue weighted by atomic mass is 10.1. The fraction of sp³-hybridized carbons (Fsp3) is 0.188. The molecular formula is C16H17NO2S. The summed E-state index contributed by atoms with van der Waals surface area (Å²) >= 11 is 1.72. The Kier molecular flexibility index (Phi) is 4.58. The monoisotopic (exact) mass is 287 g/mol. The van der Waals surface area contributed by atoms with Crippen LogP contribution in [-0.4, -0.2) is 18.1 Å². The normalized spacial score (nSPS) is 10.9. The van der Waals surface area contributed by atoms with Crippen LogP contribution in [0.15, 0.2) is 41.8 Å². The molecule has 0 fully saturated rings. The first-order chi connectivity index (χ1) is 9.56. The van der Waals surface area contributed by atoms with Crippen LogP contribution in [0.5, 0.6) is 0 Å². The Morgan fingerprint density at radius 1 is 1.40 bits per heavy atom. The number of carbonyl (C=O) groups is 1. The molecule has 1 aromatic carbocycles. The average Bonchev–Trinajstić information content (AvgIpc) is 2.89. The summed E-state index contributed by atoms with van der Waals surface area (Å²) in [5.74, 6) is -0.932. The van der Waals surface area contributed by atoms with Gasteiger partial charge in [-0.05, 0) is 42.1 Å². The molecule has 0 amide bonds. The molecule has 2 rings (SSSR count). The largest absolute Gasteiger partial charge is 0.478 e. The topological polar surface area (TPSA) is 40.5 Å². The fourth-order valence-electron chi connectivity index (χ4n) is 2.04. The van der Waals surface area contributed by atoms with Crippen molar-refractivity contribution in [2.45, 2.75) is 13.5 Å². The van der Waals surface area contributed by atoms with Gasteiger partial charge < -0.3 is 10.0 Å². The number of hydrogen-bond donors (Lipinski definition) is 1. The Balaban J connectivity index is 2.27. The van der Waals surface area contributed by atoms with Gasteiger partial charge in [0, 0.05) is 23.7 Å². The van der Waals surface area contributed by atoms with E-state index in [1.165, 1.54) is 11.0 Å². The molecule has 1 aromatic heterocycles. The lowest BCUT2D eigenvalue weighted by Crippen LogP contribution is -2.16. The number of aliphatic carboxylic acids is 1. The van der Waals surface area contributed by atoms with Gasteiger partial charge >= 0.3 is 5.97 Å². The van der Waals surface area contributed by atoms with Gasteiger partial charge in [0.25, 0.3) is 0 Å². The predicted octanol–water partition coefficient (Wildman–Crippen LogP) is 3.79. The molecule has 0 spiro atoms. The van der Waals surface area contributed by atoms with Gasteiger partial charge in [0.05, 0.1) is 6.54 Å². The molecule has 0 bridgehead atoms. The highest BCUT2D eigenvalue weighted by molar-refractivity contribution is 7.09. The van der Waals surface area contributed by atoms with E-state index >= 15 is 0 Å². The minimum absolute atomic E-state index is 0.814. The van der Waals surface area contributed by atoms with Crippen molar-refractivity contribution in [3.05, 3.63) is 57.8 Å². The van der Waals surface area contributed by atoms with Crippen LogP contribution in [0, 0.1) is 6.92 Å². The summed E-state index contributed by atoms with van der Waals surface area (Å²) in [4.78, 5) is 14.1. The smallest absolute Gasteiger partial charge is 0.328 e. The van der Waals surface area contributed by atoms with Crippen molar-refractivity contribution >= 4 is 29.1 Å². The van der Waals surface area contributed by atoms with E-state index in [0.717, 1.165) is 23.4 Å². The summed E-state index contributed by atoms with van der Waals surface area (Å²) in [6.07, 6.45) is 2.83. The number of rotatable bonds is 5. The van der Waals surface area contributed by atoms with Crippen LogP contribution in [0.3, 0.4) is 0 Å². The molecule has 0 aliphatic heterocycles. The SMILES string of the molecule is Cc1ccc(N(C)Cc2cccs2)c(/C=C/C(=O)O)c1. The van der Waals surface area contributed by atoms with E-state index < -0.39 is 5.97 Å². The van der Waals surface area contributed by atoms with Crippen LogP contribution in [-0.2, 0) is 11.3 Å². The maximum Gasteiger partial charge on any atom is 0.328 e. The number of carboxylic acid groups (broad SMARTS) is 1. The zero-order valence-corrected chi connectivity index (χ0v) is 12.4. The summed E-state index contributed by atoms with van der Waals surface area (Å²) in [5, 5.41) is 10.8. The van der Waals surface area contributed by atoms with Gasteiger partial charge in [-0.2, -0.15) is 0 Å². The van der Waals surface area contributed by atoms with E-state index in [0.29, 0.717) is 0 Å². The van der Waals surface area contributed by atoms with Gasteiger partial charge in [0.2, 0.25) is 0 Å². The third-order valence-corrected chi connectivity index (χ3v) is 3.83. The first kappa shape index (κ1) is 14.3. The van der Waals surface area contributed by atoms with Crippen LogP contribution in [0.4, 0.5) is 5.69 Å². The summed E-state index contributed by atoms with van der Waals surface area (Å²) in [6.45, 7) is 2.82. The van der Waals surface area contributed by atoms with Gasteiger partial charge in [0.15, 0.2) is 0 Å². The number of thiophene rings is 1. The Morgan fingerprint density at radius 2 is 2.20 bits per heavy atom. The number of benzene rings is 1. The second-order valence-electron chi connectivity index (χ2n) is 4.67. The minimum atomic E-state index is -0.932. The van der Waals surface area contributed by atoms with Gasteiger partial charge in [-0.25, -0.2) is 4.79 Å². The van der Waals surface area contributed by atoms with E-state index in [-0.39, 0.29) is 0 Å². The predicted molar refractivity (Wildman–Crippen MR) is 84.3 cm³/mol. The molecule has 0 atom stereocenters. The van der Waals surface area contributed by atoms with Crippen molar-refractivity contribution in [1.29, 1.82) is 0 Å². The molecule has 1 heterocycles. The third kappa shape index (κ3) is 3.71. The van der Waals surface area contributed by atoms with Crippen LogP contribution in [0.2, 0.25) is 0 Å². The van der Waals surface area contributed by atoms with Crippen molar-refractivity contribution in [3.63, 3.8) is 0 Å². The molecule has 0 saturated carbocycles. The molecule has 0 radical (unpaired) electrons. The summed E-state index contributed by atoms with van der Waals surface area (Å²) in [5.41, 5.74) is 3.07. The third-order valence-electron chi connectivity index (χ3n) is 2.97. The molecule has 104 valence electrons. The highest BCUT2D eigenvalue weighted by Gasteiger charge is 2.07. The molecule has 4 heteroatoms. The summed E-state index contributed by atoms with van der Waals surface area (Å²) < 4.78 is 0. The highest BCUT2D eigenvalue weighted by atomic mass is 32.1. The van der Waals surface area contributed by atoms with Gasteiger partial charge in [0.1, 0.15) is 0 Å². The second kappa shape index (κ2) is 6.39. The van der Waals surface area contributed by atoms with Gasteiger partial charge in [-0.3, -0.25) is 0 Å². The number of nitrogens with zero attached hydrogens (tertiary/aromatic N) is 1. The van der Waals surface area contributed by atoms with Crippen molar-refractivity contribution in [3.8, 4) is 0 Å². The molecule has 0 saturated heterocycles. The Hall–Kier alpha value is -2.07. The fourth-order valence-corrected chi connectivity index (χ4v) is 2.79. The Morgan fingerprint density at radius 3 is 2.85 bits per heavy atom. The van der Waals surface area contributed by atoms with Gasteiger partial charge in [-0.15, -0.1) is 11.3 Å². The summed E-state index contributed by atoms with van der Waals surface area (Å²) in [7, 11) is 2.02. The molecule has 0 aliphatic rings. The van der Waals surface area contributed by atoms with Crippen molar-refractivity contribution in [2.75, 3.05) is 11.9 Å². The first-order valence-corrected chi connectivity index (χ1v) is 7.19. The zero-order chi connectivity index (χ0) is 14.5. The lowest BCUT2D eigenvalue weighted by molar-refractivity contribution is -0.131. The number of hydrogen-bond acceptors (Lipinski definition) is 3. The minimum Gasteiger partial charge on any atom is -0.478 e. The van der Waals surface area contributed by atoms with Gasteiger partial charge in [-0.1, -0.05) is 17.7 Å². The molecule has 2 aromatic rings. The Bertz CT molecular complexity index is 617. The number of carboxylic acids is 1. The Labute approximate surface area is 122 Å². The van der Waals surface area contributed by atoms with E-state index in [9.17, 15) is 4.79 Å². The maximum atomic E-state index is 10.7. The van der Waals surface area contributed by atoms with Crippen molar-refractivity contribution in [1.82, 2.24) is 0 Å². The zero-order valence-electron chi connectivity index (χ0n) is 11.5. The standard InChI is InChI=1S/C16H17NO2S/c1-12-5-7-15(13(10-12)6-8-16(18)19)17(2)11-14-4-3-9-20-14/h3-10H,11H2,1-2H3,(H,18,19)/b8-6+. The van der Waals surface area contributed by atoms with E-state index in [1.54, 1.807) is 17.4 Å². The van der Waals surface area contributed by atoms with Crippen LogP contribution in [0.1, 0.15) is 16.0 Å². The van der Waals surface area contributed by atoms with Crippen molar-refractivity contribution in [2.24, 2.45) is 0 Å². The molecule has 1 N–H and O–H groups in total. The van der Waals surface area contributed by atoms with E-state index in [2.05, 4.69) is 16.3 Å². The van der Waals surface area contributed by atoms with Crippen molar-refractivity contribution < 1.29 is 9.90 Å². The highest BCUT2D eigenvalue weighted by Crippen LogP contribution is 2.24. The second-order valence-corrected chi connectivity index (χ2v) is 5.70. The first-order valence-electron chi connectivity index (χ1n) is 6.31. The quantitative estimate of drug-likeness (QED) is 0.851.